The maximum absolute atomic E-state index is 13.6. The third-order valence-electron chi connectivity index (χ3n) is 3.65. The molecule has 0 saturated heterocycles. The fraction of sp³-hybridized carbons (Fsp3) is 0.714. The van der Waals surface area contributed by atoms with Gasteiger partial charge in [0.05, 0.1) is 6.61 Å². The molecule has 31 heavy (non-hydrogen) atoms. The number of alkyl halides is 9. The second-order valence-electron chi connectivity index (χ2n) is 6.24. The topological polar surface area (TPSA) is 95.7 Å². The first-order valence-electron chi connectivity index (χ1n) is 8.02. The van der Waals surface area contributed by atoms with Crippen LogP contribution in [0.15, 0.2) is 10.6 Å². The summed E-state index contributed by atoms with van der Waals surface area (Å²) >= 11 is 0. The van der Waals surface area contributed by atoms with Crippen molar-refractivity contribution < 1.29 is 66.2 Å². The van der Waals surface area contributed by atoms with Crippen molar-refractivity contribution in [2.75, 3.05) is 6.61 Å². The van der Waals surface area contributed by atoms with Crippen LogP contribution in [-0.2, 0) is 19.6 Å². The fourth-order valence-corrected chi connectivity index (χ4v) is 2.94. The summed E-state index contributed by atoms with van der Waals surface area (Å²) in [6.07, 6.45) is -7.22. The molecular formula is C14H14F9NO6S. The van der Waals surface area contributed by atoms with Crippen LogP contribution in [0.2, 0.25) is 0 Å². The molecule has 0 aliphatic carbocycles. The number of nitrogens with zero attached hydrogens (tertiary/aromatic N) is 1. The van der Waals surface area contributed by atoms with Gasteiger partial charge in [0.15, 0.2) is 5.76 Å². The number of carbonyl (C=O) groups is 1. The summed E-state index contributed by atoms with van der Waals surface area (Å²) in [7, 11) is -7.18. The van der Waals surface area contributed by atoms with Gasteiger partial charge in [-0.2, -0.15) is 47.9 Å². The van der Waals surface area contributed by atoms with Gasteiger partial charge in [-0.05, 0) is 18.0 Å². The third kappa shape index (κ3) is 4.69. The second kappa shape index (κ2) is 8.38. The van der Waals surface area contributed by atoms with E-state index in [4.69, 9.17) is 4.74 Å². The molecule has 180 valence electrons. The van der Waals surface area contributed by atoms with Gasteiger partial charge in [0.1, 0.15) is 5.92 Å². The molecule has 0 aliphatic rings. The van der Waals surface area contributed by atoms with Crippen molar-refractivity contribution in [3.63, 3.8) is 0 Å². The highest BCUT2D eigenvalue weighted by molar-refractivity contribution is 7.88. The molecule has 0 bridgehead atoms. The van der Waals surface area contributed by atoms with Crippen molar-refractivity contribution in [1.29, 1.82) is 0 Å². The Balaban J connectivity index is 3.30. The maximum Gasteiger partial charge on any atom is 0.460 e. The Hall–Kier alpha value is -2.20. The summed E-state index contributed by atoms with van der Waals surface area (Å²) in [5, 5.41) is -4.28. The molecule has 0 saturated carbocycles. The van der Waals surface area contributed by atoms with E-state index >= 15 is 0 Å². The molecule has 0 aliphatic heterocycles. The zero-order valence-electron chi connectivity index (χ0n) is 15.6. The molecule has 1 rings (SSSR count). The largest absolute Gasteiger partial charge is 0.465 e. The molecule has 1 aromatic heterocycles. The van der Waals surface area contributed by atoms with Crippen LogP contribution in [0.4, 0.5) is 39.5 Å². The maximum atomic E-state index is 13.6. The van der Waals surface area contributed by atoms with E-state index < -0.39 is 62.8 Å². The van der Waals surface area contributed by atoms with Gasteiger partial charge in [-0.15, -0.1) is 0 Å². The number of halogens is 9. The van der Waals surface area contributed by atoms with E-state index in [1.807, 2.05) is 0 Å². The molecule has 0 spiro atoms. The van der Waals surface area contributed by atoms with Crippen LogP contribution in [0.25, 0.3) is 0 Å². The van der Waals surface area contributed by atoms with Gasteiger partial charge >= 0.3 is 39.4 Å². The molecule has 1 atom stereocenters. The summed E-state index contributed by atoms with van der Waals surface area (Å²) in [6, 6.07) is 0.370. The number of hydrogen-bond donors (Lipinski definition) is 0. The Morgan fingerprint density at radius 2 is 1.58 bits per heavy atom. The van der Waals surface area contributed by atoms with E-state index in [1.165, 1.54) is 20.8 Å². The normalized spacial score (nSPS) is 15.1. The highest BCUT2D eigenvalue weighted by atomic mass is 32.2. The molecule has 0 fully saturated rings. The van der Waals surface area contributed by atoms with Gasteiger partial charge in [-0.3, -0.25) is 4.79 Å². The zero-order chi connectivity index (χ0) is 24.6. The molecule has 0 N–H and O–H groups in total. The van der Waals surface area contributed by atoms with Crippen LogP contribution < -0.4 is 4.18 Å². The monoisotopic (exact) mass is 495 g/mol. The van der Waals surface area contributed by atoms with Crippen LogP contribution in [0.1, 0.15) is 32.4 Å². The van der Waals surface area contributed by atoms with Crippen molar-refractivity contribution in [3.8, 4) is 5.88 Å². The van der Waals surface area contributed by atoms with Gasteiger partial charge in [-0.25, -0.2) is 0 Å². The minimum absolute atomic E-state index is 0.108. The predicted molar refractivity (Wildman–Crippen MR) is 81.2 cm³/mol. The number of esters is 1. The standard InChI is InChI=1S/C14H14F9NO6S/c1-4-28-10(25)9(6(2)3)7-5-8(24-29-7)30-31(26,27)14(22,23)12(17,18)11(15,16)13(19,20)21/h5-6,9H,4H2,1-3H3. The summed E-state index contributed by atoms with van der Waals surface area (Å²) < 4.78 is 152. The Labute approximate surface area is 168 Å². The van der Waals surface area contributed by atoms with Crippen LogP contribution in [-0.4, -0.2) is 49.4 Å². The Bertz CT molecular complexity index is 894. The Morgan fingerprint density at radius 1 is 1.06 bits per heavy atom. The highest BCUT2D eigenvalue weighted by Gasteiger charge is 2.86. The van der Waals surface area contributed by atoms with Crippen molar-refractivity contribution in [1.82, 2.24) is 5.16 Å². The predicted octanol–water partition coefficient (Wildman–Crippen LogP) is 4.11. The number of carbonyl (C=O) groups excluding carboxylic acids is 1. The molecule has 1 heterocycles. The number of aromatic nitrogens is 1. The van der Waals surface area contributed by atoms with E-state index in [-0.39, 0.29) is 6.61 Å². The Morgan fingerprint density at radius 3 is 2.00 bits per heavy atom. The molecule has 17 heteroatoms. The average Bonchev–Trinajstić information content (AvgIpc) is 3.00. The summed E-state index contributed by atoms with van der Waals surface area (Å²) in [6.45, 7) is 4.20. The number of rotatable bonds is 9. The van der Waals surface area contributed by atoms with E-state index in [0.29, 0.717) is 6.07 Å². The Kier molecular flexibility index (Phi) is 7.26. The molecule has 1 aromatic rings. The molecule has 1 unspecified atom stereocenters. The second-order valence-corrected chi connectivity index (χ2v) is 7.83. The van der Waals surface area contributed by atoms with Crippen LogP contribution in [0.5, 0.6) is 5.88 Å². The molecule has 0 amide bonds. The summed E-state index contributed by atoms with van der Waals surface area (Å²) in [5.41, 5.74) is 0. The fourth-order valence-electron chi connectivity index (χ4n) is 2.09. The number of hydrogen-bond acceptors (Lipinski definition) is 7. The lowest BCUT2D eigenvalue weighted by Gasteiger charge is -2.32. The third-order valence-corrected chi connectivity index (χ3v) is 4.92. The minimum atomic E-state index is -7.46. The van der Waals surface area contributed by atoms with Crippen molar-refractivity contribution >= 4 is 16.1 Å². The molecule has 7 nitrogen and oxygen atoms in total. The van der Waals surface area contributed by atoms with Gasteiger partial charge < -0.3 is 13.4 Å². The van der Waals surface area contributed by atoms with E-state index in [2.05, 4.69) is 13.9 Å². The van der Waals surface area contributed by atoms with Crippen LogP contribution in [0, 0.1) is 5.92 Å². The zero-order valence-corrected chi connectivity index (χ0v) is 16.5. The number of ether oxygens (including phenoxy) is 1. The molecular weight excluding hydrogens is 481 g/mol. The van der Waals surface area contributed by atoms with Gasteiger partial charge in [0.25, 0.3) is 5.88 Å². The smallest absolute Gasteiger partial charge is 0.460 e. The first-order chi connectivity index (χ1) is 13.7. The van der Waals surface area contributed by atoms with Crippen LogP contribution in [0.3, 0.4) is 0 Å². The highest BCUT2D eigenvalue weighted by Crippen LogP contribution is 2.55. The lowest BCUT2D eigenvalue weighted by Crippen LogP contribution is -2.63. The van der Waals surface area contributed by atoms with Crippen LogP contribution >= 0.6 is 0 Å². The van der Waals surface area contributed by atoms with E-state index in [9.17, 15) is 52.7 Å². The lowest BCUT2D eigenvalue weighted by atomic mass is 9.93. The van der Waals surface area contributed by atoms with Crippen molar-refractivity contribution in [3.05, 3.63) is 11.8 Å². The molecule has 0 aromatic carbocycles. The first-order valence-corrected chi connectivity index (χ1v) is 9.42. The quantitative estimate of drug-likeness (QED) is 0.289. The minimum Gasteiger partial charge on any atom is -0.465 e. The van der Waals surface area contributed by atoms with Gasteiger partial charge in [0.2, 0.25) is 0 Å². The van der Waals surface area contributed by atoms with Crippen molar-refractivity contribution in [2.45, 2.75) is 50.0 Å². The van der Waals surface area contributed by atoms with Crippen molar-refractivity contribution in [2.24, 2.45) is 5.92 Å². The van der Waals surface area contributed by atoms with E-state index in [0.717, 1.165) is 0 Å². The summed E-state index contributed by atoms with van der Waals surface area (Å²) in [5.74, 6) is -19.8. The van der Waals surface area contributed by atoms with Gasteiger partial charge in [-0.1, -0.05) is 13.8 Å². The first kappa shape index (κ1) is 26.8. The average molecular weight is 495 g/mol. The summed E-state index contributed by atoms with van der Waals surface area (Å²) in [4.78, 5) is 11.9. The van der Waals surface area contributed by atoms with Gasteiger partial charge in [0, 0.05) is 6.07 Å². The lowest BCUT2D eigenvalue weighted by molar-refractivity contribution is -0.382. The SMILES string of the molecule is CCOC(=O)C(c1cc(OS(=O)(=O)C(F)(F)C(F)(F)C(F)(F)C(F)(F)F)no1)C(C)C. The molecule has 0 radical (unpaired) electrons. The van der Waals surface area contributed by atoms with E-state index in [1.54, 1.807) is 0 Å².